The van der Waals surface area contributed by atoms with E-state index in [2.05, 4.69) is 97.3 Å². The highest BCUT2D eigenvalue weighted by Crippen LogP contribution is 2.50. The van der Waals surface area contributed by atoms with Gasteiger partial charge in [0.15, 0.2) is 0 Å². The van der Waals surface area contributed by atoms with E-state index >= 15 is 0 Å². The topological polar surface area (TPSA) is 30.9 Å². The van der Waals surface area contributed by atoms with E-state index in [4.69, 9.17) is 5.73 Å². The number of benzene rings is 4. The summed E-state index contributed by atoms with van der Waals surface area (Å²) in [5.74, 6) is 0. The Kier molecular flexibility index (Phi) is 3.12. The number of para-hydroxylation sites is 1. The van der Waals surface area contributed by atoms with Gasteiger partial charge in [-0.15, -0.1) is 0 Å². The predicted molar refractivity (Wildman–Crippen MR) is 123 cm³/mol. The van der Waals surface area contributed by atoms with Crippen LogP contribution in [0.3, 0.4) is 0 Å². The van der Waals surface area contributed by atoms with Crippen molar-refractivity contribution in [2.45, 2.75) is 19.3 Å². The molecule has 1 aliphatic rings. The van der Waals surface area contributed by atoms with E-state index in [1.165, 1.54) is 49.7 Å². The van der Waals surface area contributed by atoms with Crippen molar-refractivity contribution in [1.29, 1.82) is 0 Å². The van der Waals surface area contributed by atoms with E-state index < -0.39 is 0 Å². The summed E-state index contributed by atoms with van der Waals surface area (Å²) in [7, 11) is 0. The van der Waals surface area contributed by atoms with Gasteiger partial charge in [-0.3, -0.25) is 0 Å². The van der Waals surface area contributed by atoms with E-state index in [-0.39, 0.29) is 5.41 Å². The van der Waals surface area contributed by atoms with Crippen LogP contribution in [-0.2, 0) is 5.41 Å². The van der Waals surface area contributed by atoms with Crippen LogP contribution < -0.4 is 5.73 Å². The molecule has 2 nitrogen and oxygen atoms in total. The summed E-state index contributed by atoms with van der Waals surface area (Å²) < 4.78 is 2.36. The van der Waals surface area contributed by atoms with Crippen LogP contribution in [0.15, 0.2) is 84.9 Å². The molecule has 2 N–H and O–H groups in total. The third-order valence-electron chi connectivity index (χ3n) is 6.51. The highest BCUT2D eigenvalue weighted by Gasteiger charge is 2.36. The van der Waals surface area contributed by atoms with E-state index in [1.54, 1.807) is 0 Å². The van der Waals surface area contributed by atoms with Gasteiger partial charge in [0.25, 0.3) is 0 Å². The maximum absolute atomic E-state index is 6.19. The lowest BCUT2D eigenvalue weighted by molar-refractivity contribution is 0.661. The highest BCUT2D eigenvalue weighted by molar-refractivity contribution is 6.12. The minimum atomic E-state index is -0.0167. The van der Waals surface area contributed by atoms with Crippen LogP contribution in [-0.4, -0.2) is 4.57 Å². The molecule has 0 spiro atoms. The summed E-state index contributed by atoms with van der Waals surface area (Å²) in [4.78, 5) is 0. The summed E-state index contributed by atoms with van der Waals surface area (Å²) in [5, 5.41) is 2.45. The Bertz CT molecular complexity index is 1420. The fraction of sp³-hybridized carbons (Fsp3) is 0.111. The normalized spacial score (nSPS) is 14.3. The molecule has 4 aromatic carbocycles. The molecule has 6 rings (SSSR count). The molecular formula is C27H22N2. The summed E-state index contributed by atoms with van der Waals surface area (Å²) >= 11 is 0. The number of nitrogens with two attached hydrogens (primary N) is 1. The molecule has 0 saturated heterocycles. The number of anilines is 1. The van der Waals surface area contributed by atoms with Gasteiger partial charge in [0.05, 0.1) is 11.0 Å². The molecule has 0 amide bonds. The van der Waals surface area contributed by atoms with Crippen LogP contribution in [0.5, 0.6) is 0 Å². The van der Waals surface area contributed by atoms with E-state index in [1.807, 2.05) is 6.07 Å². The smallest absolute Gasteiger partial charge is 0.0544 e. The van der Waals surface area contributed by atoms with Crippen LogP contribution in [0.4, 0.5) is 5.69 Å². The first-order valence-corrected chi connectivity index (χ1v) is 10.1. The molecule has 0 atom stereocenters. The van der Waals surface area contributed by atoms with Crippen molar-refractivity contribution < 1.29 is 0 Å². The summed E-state index contributed by atoms with van der Waals surface area (Å²) in [5.41, 5.74) is 16.0. The van der Waals surface area contributed by atoms with Gasteiger partial charge < -0.3 is 10.3 Å². The Hall–Kier alpha value is -3.52. The first-order valence-electron chi connectivity index (χ1n) is 10.1. The number of hydrogen-bond donors (Lipinski definition) is 1. The van der Waals surface area contributed by atoms with Crippen LogP contribution >= 0.6 is 0 Å². The number of aromatic nitrogens is 1. The van der Waals surface area contributed by atoms with E-state index in [9.17, 15) is 0 Å². The van der Waals surface area contributed by atoms with Gasteiger partial charge in [-0.25, -0.2) is 0 Å². The van der Waals surface area contributed by atoms with Crippen LogP contribution in [0.25, 0.3) is 38.6 Å². The predicted octanol–water partition coefficient (Wildman–Crippen LogP) is 6.67. The third kappa shape index (κ3) is 2.11. The Morgan fingerprint density at radius 1 is 0.655 bits per heavy atom. The molecular weight excluding hydrogens is 352 g/mol. The van der Waals surface area contributed by atoms with Gasteiger partial charge in [-0.1, -0.05) is 56.3 Å². The fourth-order valence-electron chi connectivity index (χ4n) is 5.09. The van der Waals surface area contributed by atoms with Gasteiger partial charge >= 0.3 is 0 Å². The average molecular weight is 374 g/mol. The number of nitrogen functional groups attached to an aromatic ring is 1. The van der Waals surface area contributed by atoms with Crippen LogP contribution in [0, 0.1) is 0 Å². The molecule has 0 saturated carbocycles. The second kappa shape index (κ2) is 5.51. The zero-order chi connectivity index (χ0) is 19.8. The molecule has 1 aliphatic carbocycles. The van der Waals surface area contributed by atoms with E-state index in [0.29, 0.717) is 0 Å². The molecule has 5 aromatic rings. The van der Waals surface area contributed by atoms with Crippen molar-refractivity contribution in [2.75, 3.05) is 5.73 Å². The molecule has 0 radical (unpaired) electrons. The van der Waals surface area contributed by atoms with Crippen molar-refractivity contribution in [3.05, 3.63) is 96.1 Å². The molecule has 0 unspecified atom stereocenters. The van der Waals surface area contributed by atoms with Gasteiger partial charge in [0, 0.05) is 27.6 Å². The second-order valence-electron chi connectivity index (χ2n) is 8.53. The SMILES string of the molecule is CC1(C)c2ccccc2-c2cc3c4cc(N)ccc4n(-c4ccccc4)c3cc21. The lowest BCUT2D eigenvalue weighted by atomic mass is 9.82. The number of nitrogens with zero attached hydrogens (tertiary/aromatic N) is 1. The molecule has 0 aliphatic heterocycles. The second-order valence-corrected chi connectivity index (χ2v) is 8.53. The number of rotatable bonds is 1. The Balaban J connectivity index is 1.80. The summed E-state index contributed by atoms with van der Waals surface area (Å²) in [6.07, 6.45) is 0. The minimum Gasteiger partial charge on any atom is -0.399 e. The molecule has 29 heavy (non-hydrogen) atoms. The zero-order valence-electron chi connectivity index (χ0n) is 16.6. The Labute approximate surface area is 170 Å². The van der Waals surface area contributed by atoms with Crippen molar-refractivity contribution in [1.82, 2.24) is 4.57 Å². The van der Waals surface area contributed by atoms with Gasteiger partial charge in [-0.05, 0) is 64.7 Å². The first kappa shape index (κ1) is 16.4. The van der Waals surface area contributed by atoms with Crippen molar-refractivity contribution in [2.24, 2.45) is 0 Å². The largest absolute Gasteiger partial charge is 0.399 e. The standard InChI is InChI=1S/C27H22N2/c1-27(2)23-11-7-6-10-19(23)20-15-22-21-14-17(28)12-13-25(21)29(26(22)16-24(20)27)18-8-4-3-5-9-18/h3-16H,28H2,1-2H3. The van der Waals surface area contributed by atoms with Gasteiger partial charge in [-0.2, -0.15) is 0 Å². The van der Waals surface area contributed by atoms with Crippen molar-refractivity contribution >= 4 is 27.5 Å². The number of fused-ring (bicyclic) bond motifs is 6. The lowest BCUT2D eigenvalue weighted by Crippen LogP contribution is -2.14. The third-order valence-corrected chi connectivity index (χ3v) is 6.51. The van der Waals surface area contributed by atoms with Crippen LogP contribution in [0.2, 0.25) is 0 Å². The zero-order valence-corrected chi connectivity index (χ0v) is 16.6. The maximum Gasteiger partial charge on any atom is 0.0544 e. The average Bonchev–Trinajstić information content (AvgIpc) is 3.17. The molecule has 0 bridgehead atoms. The Morgan fingerprint density at radius 2 is 1.38 bits per heavy atom. The molecule has 0 fully saturated rings. The monoisotopic (exact) mass is 374 g/mol. The molecule has 1 aromatic heterocycles. The number of hydrogen-bond acceptors (Lipinski definition) is 1. The summed E-state index contributed by atoms with van der Waals surface area (Å²) in [6.45, 7) is 4.66. The lowest BCUT2D eigenvalue weighted by Gasteiger charge is -2.21. The van der Waals surface area contributed by atoms with Gasteiger partial charge in [0.1, 0.15) is 0 Å². The fourth-order valence-corrected chi connectivity index (χ4v) is 5.09. The highest BCUT2D eigenvalue weighted by atomic mass is 15.0. The molecule has 140 valence electrons. The molecule has 2 heteroatoms. The summed E-state index contributed by atoms with van der Waals surface area (Å²) in [6, 6.07) is 30.4. The minimum absolute atomic E-state index is 0.0167. The van der Waals surface area contributed by atoms with Crippen LogP contribution in [0.1, 0.15) is 25.0 Å². The van der Waals surface area contributed by atoms with Crippen molar-refractivity contribution in [3.8, 4) is 16.8 Å². The van der Waals surface area contributed by atoms with Gasteiger partial charge in [0.2, 0.25) is 0 Å². The first-order chi connectivity index (χ1) is 14.1. The molecule has 1 heterocycles. The quantitative estimate of drug-likeness (QED) is 0.326. The van der Waals surface area contributed by atoms with Crippen molar-refractivity contribution in [3.63, 3.8) is 0 Å². The van der Waals surface area contributed by atoms with E-state index in [0.717, 1.165) is 5.69 Å². The maximum atomic E-state index is 6.19. The Morgan fingerprint density at radius 3 is 2.21 bits per heavy atom.